The first-order valence-electron chi connectivity index (χ1n) is 9.46. The van der Waals surface area contributed by atoms with Crippen molar-refractivity contribution in [1.82, 2.24) is 24.8 Å². The normalized spacial score (nSPS) is 14.7. The Kier molecular flexibility index (Phi) is 9.22. The molecule has 3 rings (SSSR count). The number of aromatic nitrogens is 3. The molecular weight excluding hydrogens is 378 g/mol. The van der Waals surface area contributed by atoms with Crippen LogP contribution in [0.5, 0.6) is 0 Å². The maximum absolute atomic E-state index is 9.55. The van der Waals surface area contributed by atoms with Crippen molar-refractivity contribution in [3.8, 4) is 0 Å². The molecule has 0 aromatic carbocycles. The molecule has 10 nitrogen and oxygen atoms in total. The van der Waals surface area contributed by atoms with Crippen molar-refractivity contribution in [1.29, 1.82) is 0 Å². The average molecular weight is 405 g/mol. The van der Waals surface area contributed by atoms with Gasteiger partial charge < -0.3 is 24.8 Å². The highest BCUT2D eigenvalue weighted by Crippen LogP contribution is 2.15. The van der Waals surface area contributed by atoms with Gasteiger partial charge in [0, 0.05) is 57.7 Å². The van der Waals surface area contributed by atoms with E-state index in [0.29, 0.717) is 18.8 Å². The third-order valence-electron chi connectivity index (χ3n) is 4.21. The molecule has 0 spiro atoms. The SMILES string of the molecule is CCOCCn1c(CN2CCNCC2)nc2ncccc21.O=C(O)/C=C/C(=O)O. The first kappa shape index (κ1) is 22.5. The quantitative estimate of drug-likeness (QED) is 0.426. The van der Waals surface area contributed by atoms with Gasteiger partial charge in [-0.05, 0) is 19.1 Å². The maximum atomic E-state index is 9.55. The minimum absolute atomic E-state index is 0.558. The monoisotopic (exact) mass is 405 g/mol. The molecule has 0 unspecified atom stereocenters. The van der Waals surface area contributed by atoms with E-state index in [9.17, 15) is 9.59 Å². The summed E-state index contributed by atoms with van der Waals surface area (Å²) in [4.78, 5) is 30.6. The van der Waals surface area contributed by atoms with Crippen LogP contribution in [0.3, 0.4) is 0 Å². The fourth-order valence-corrected chi connectivity index (χ4v) is 2.89. The van der Waals surface area contributed by atoms with E-state index >= 15 is 0 Å². The van der Waals surface area contributed by atoms with E-state index in [0.717, 1.165) is 62.9 Å². The highest BCUT2D eigenvalue weighted by molar-refractivity contribution is 5.89. The van der Waals surface area contributed by atoms with Crippen LogP contribution in [0, 0.1) is 0 Å². The standard InChI is InChI=1S/C15H23N5O.C4H4O4/c1-2-21-11-10-20-13-4-3-5-17-15(13)18-14(20)12-19-8-6-16-7-9-19;5-3(6)1-2-4(7)8/h3-5,16H,2,6-12H2,1H3;1-2H,(H,5,6)(H,7,8)/b;2-1+. The van der Waals surface area contributed by atoms with Crippen molar-refractivity contribution in [3.63, 3.8) is 0 Å². The largest absolute Gasteiger partial charge is 0.478 e. The summed E-state index contributed by atoms with van der Waals surface area (Å²) < 4.78 is 7.76. The summed E-state index contributed by atoms with van der Waals surface area (Å²) in [6.07, 6.45) is 2.92. The molecule has 29 heavy (non-hydrogen) atoms. The van der Waals surface area contributed by atoms with Crippen LogP contribution in [-0.2, 0) is 27.4 Å². The minimum Gasteiger partial charge on any atom is -0.478 e. The second-order valence-electron chi connectivity index (χ2n) is 6.26. The zero-order valence-electron chi connectivity index (χ0n) is 16.5. The predicted octanol–water partition coefficient (Wildman–Crippen LogP) is 0.585. The van der Waals surface area contributed by atoms with Crippen LogP contribution < -0.4 is 5.32 Å². The number of nitrogens with one attached hydrogen (secondary N) is 1. The Morgan fingerprint density at radius 3 is 2.55 bits per heavy atom. The first-order chi connectivity index (χ1) is 14.0. The number of rotatable bonds is 8. The van der Waals surface area contributed by atoms with Crippen LogP contribution in [0.1, 0.15) is 12.7 Å². The lowest BCUT2D eigenvalue weighted by Crippen LogP contribution is -2.43. The summed E-state index contributed by atoms with van der Waals surface area (Å²) in [5, 5.41) is 19.0. The van der Waals surface area contributed by atoms with Gasteiger partial charge >= 0.3 is 11.9 Å². The molecule has 3 heterocycles. The van der Waals surface area contributed by atoms with Crippen LogP contribution in [0.15, 0.2) is 30.5 Å². The van der Waals surface area contributed by atoms with Gasteiger partial charge in [0.25, 0.3) is 0 Å². The lowest BCUT2D eigenvalue weighted by atomic mass is 10.3. The third kappa shape index (κ3) is 7.60. The van der Waals surface area contributed by atoms with Gasteiger partial charge in [-0.25, -0.2) is 19.6 Å². The first-order valence-corrected chi connectivity index (χ1v) is 9.46. The Balaban J connectivity index is 0.000000321. The van der Waals surface area contributed by atoms with E-state index < -0.39 is 11.9 Å². The van der Waals surface area contributed by atoms with E-state index in [1.807, 2.05) is 13.0 Å². The lowest BCUT2D eigenvalue weighted by Gasteiger charge is -2.27. The summed E-state index contributed by atoms with van der Waals surface area (Å²) in [6.45, 7) is 9.44. The van der Waals surface area contributed by atoms with Crippen LogP contribution in [-0.4, -0.2) is 81.0 Å². The van der Waals surface area contributed by atoms with Crippen LogP contribution in [0.4, 0.5) is 0 Å². The molecular formula is C19H27N5O5. The van der Waals surface area contributed by atoms with Gasteiger partial charge in [0.2, 0.25) is 0 Å². The molecule has 0 atom stereocenters. The number of hydrogen-bond donors (Lipinski definition) is 3. The molecule has 2 aromatic heterocycles. The topological polar surface area (TPSA) is 130 Å². The summed E-state index contributed by atoms with van der Waals surface area (Å²) in [7, 11) is 0. The second-order valence-corrected chi connectivity index (χ2v) is 6.26. The predicted molar refractivity (Wildman–Crippen MR) is 107 cm³/mol. The van der Waals surface area contributed by atoms with Gasteiger partial charge in [-0.1, -0.05) is 0 Å². The number of carboxylic acids is 2. The van der Waals surface area contributed by atoms with Crippen molar-refractivity contribution >= 4 is 23.1 Å². The number of carbonyl (C=O) groups is 2. The number of pyridine rings is 1. The number of nitrogens with zero attached hydrogens (tertiary/aromatic N) is 4. The van der Waals surface area contributed by atoms with Crippen molar-refractivity contribution in [3.05, 3.63) is 36.3 Å². The Morgan fingerprint density at radius 2 is 1.93 bits per heavy atom. The fourth-order valence-electron chi connectivity index (χ4n) is 2.89. The average Bonchev–Trinajstić information content (AvgIpc) is 3.05. The van der Waals surface area contributed by atoms with Gasteiger partial charge in [-0.3, -0.25) is 4.90 Å². The molecule has 0 amide bonds. The molecule has 3 N–H and O–H groups in total. The maximum Gasteiger partial charge on any atom is 0.328 e. The molecule has 1 saturated heterocycles. The molecule has 158 valence electrons. The summed E-state index contributed by atoms with van der Waals surface area (Å²) in [5.74, 6) is -1.43. The van der Waals surface area contributed by atoms with Gasteiger partial charge in [0.15, 0.2) is 5.65 Å². The fraction of sp³-hybridized carbons (Fsp3) is 0.474. The van der Waals surface area contributed by atoms with E-state index in [-0.39, 0.29) is 0 Å². The number of ether oxygens (including phenoxy) is 1. The Bertz CT molecular complexity index is 814. The number of aliphatic carboxylic acids is 2. The van der Waals surface area contributed by atoms with Crippen molar-refractivity contribution in [2.24, 2.45) is 0 Å². The highest BCUT2D eigenvalue weighted by Gasteiger charge is 2.16. The smallest absolute Gasteiger partial charge is 0.328 e. The van der Waals surface area contributed by atoms with Crippen molar-refractivity contribution in [2.45, 2.75) is 20.0 Å². The summed E-state index contributed by atoms with van der Waals surface area (Å²) in [5.41, 5.74) is 1.93. The molecule has 10 heteroatoms. The molecule has 1 fully saturated rings. The number of piperazine rings is 1. The van der Waals surface area contributed by atoms with Crippen LogP contribution in [0.2, 0.25) is 0 Å². The summed E-state index contributed by atoms with van der Waals surface area (Å²) >= 11 is 0. The zero-order valence-corrected chi connectivity index (χ0v) is 16.5. The van der Waals surface area contributed by atoms with Crippen molar-refractivity contribution in [2.75, 3.05) is 39.4 Å². The zero-order chi connectivity index (χ0) is 21.1. The van der Waals surface area contributed by atoms with Crippen LogP contribution in [0.25, 0.3) is 11.2 Å². The van der Waals surface area contributed by atoms with Crippen LogP contribution >= 0.6 is 0 Å². The molecule has 0 saturated carbocycles. The molecule has 2 aromatic rings. The highest BCUT2D eigenvalue weighted by atomic mass is 16.5. The van der Waals surface area contributed by atoms with E-state index in [4.69, 9.17) is 19.9 Å². The van der Waals surface area contributed by atoms with Crippen molar-refractivity contribution < 1.29 is 24.5 Å². The molecule has 0 bridgehead atoms. The summed E-state index contributed by atoms with van der Waals surface area (Å²) in [6, 6.07) is 4.05. The molecule has 1 aliphatic heterocycles. The minimum atomic E-state index is -1.26. The van der Waals surface area contributed by atoms with Gasteiger partial charge in [0.1, 0.15) is 5.82 Å². The molecule has 0 aliphatic carbocycles. The number of carboxylic acid groups (broad SMARTS) is 2. The Labute approximate surface area is 168 Å². The second kappa shape index (κ2) is 11.9. The lowest BCUT2D eigenvalue weighted by molar-refractivity contribution is -0.134. The van der Waals surface area contributed by atoms with Gasteiger partial charge in [0.05, 0.1) is 18.7 Å². The third-order valence-corrected chi connectivity index (χ3v) is 4.21. The number of fused-ring (bicyclic) bond motifs is 1. The van der Waals surface area contributed by atoms with Gasteiger partial charge in [-0.15, -0.1) is 0 Å². The molecule has 0 radical (unpaired) electrons. The van der Waals surface area contributed by atoms with E-state index in [1.54, 1.807) is 6.20 Å². The number of imidazole rings is 1. The van der Waals surface area contributed by atoms with E-state index in [1.165, 1.54) is 0 Å². The van der Waals surface area contributed by atoms with Gasteiger partial charge in [-0.2, -0.15) is 0 Å². The Hall–Kier alpha value is -2.82. The van der Waals surface area contributed by atoms with E-state index in [2.05, 4.69) is 25.8 Å². The molecule has 1 aliphatic rings. The number of hydrogen-bond acceptors (Lipinski definition) is 7. The Morgan fingerprint density at radius 1 is 1.24 bits per heavy atom.